The number of benzene rings is 1. The van der Waals surface area contributed by atoms with Gasteiger partial charge in [-0.3, -0.25) is 0 Å². The maximum absolute atomic E-state index is 12.1. The smallest absolute Gasteiger partial charge is 0.340 e. The number of hydrogen-bond donors (Lipinski definition) is 0. The Hall–Kier alpha value is -1.46. The van der Waals surface area contributed by atoms with Crippen molar-refractivity contribution in [2.45, 2.75) is 37.7 Å². The van der Waals surface area contributed by atoms with E-state index >= 15 is 0 Å². The summed E-state index contributed by atoms with van der Waals surface area (Å²) in [4.78, 5) is 17.4. The Morgan fingerprint density at radius 3 is 2.73 bits per heavy atom. The number of oxazole rings is 1. The Kier molecular flexibility index (Phi) is 5.19. The average Bonchev–Trinajstić information content (AvgIpc) is 2.94. The molecule has 1 aromatic heterocycles. The van der Waals surface area contributed by atoms with Crippen molar-refractivity contribution < 1.29 is 13.9 Å². The Balaban J connectivity index is 2.05. The van der Waals surface area contributed by atoms with E-state index in [1.807, 2.05) is 33.1 Å². The third-order valence-corrected chi connectivity index (χ3v) is 3.99. The minimum Gasteiger partial charge on any atom is -0.455 e. The fourth-order valence-corrected chi connectivity index (χ4v) is 2.36. The highest BCUT2D eigenvalue weighted by atomic mass is 35.5. The van der Waals surface area contributed by atoms with Gasteiger partial charge in [0.15, 0.2) is 5.89 Å². The van der Waals surface area contributed by atoms with E-state index in [0.717, 1.165) is 4.90 Å². The van der Waals surface area contributed by atoms with Crippen molar-refractivity contribution in [3.05, 3.63) is 46.6 Å². The van der Waals surface area contributed by atoms with Gasteiger partial charge in [0.05, 0.1) is 10.6 Å². The van der Waals surface area contributed by atoms with Gasteiger partial charge >= 0.3 is 5.97 Å². The molecule has 118 valence electrons. The van der Waals surface area contributed by atoms with Crippen LogP contribution in [0.3, 0.4) is 0 Å². The molecule has 0 fully saturated rings. The first kappa shape index (κ1) is 16.9. The number of aromatic nitrogens is 1. The maximum Gasteiger partial charge on any atom is 0.340 e. The summed E-state index contributed by atoms with van der Waals surface area (Å²) in [6.45, 7) is 6.06. The number of thioether (sulfide) groups is 1. The lowest BCUT2D eigenvalue weighted by atomic mass is 9.97. The van der Waals surface area contributed by atoms with Gasteiger partial charge in [0.25, 0.3) is 0 Å². The van der Waals surface area contributed by atoms with Crippen LogP contribution in [0.4, 0.5) is 0 Å². The molecule has 6 heteroatoms. The Bertz CT molecular complexity index is 676. The summed E-state index contributed by atoms with van der Waals surface area (Å²) >= 11 is 7.59. The summed E-state index contributed by atoms with van der Waals surface area (Å²) in [6.07, 6.45) is 3.44. The van der Waals surface area contributed by atoms with E-state index in [2.05, 4.69) is 4.98 Å². The predicted octanol–water partition coefficient (Wildman–Crippen LogP) is 4.70. The molecule has 2 aromatic rings. The van der Waals surface area contributed by atoms with Gasteiger partial charge in [-0.1, -0.05) is 32.4 Å². The van der Waals surface area contributed by atoms with Crippen LogP contribution >= 0.6 is 23.4 Å². The van der Waals surface area contributed by atoms with Crippen LogP contribution < -0.4 is 0 Å². The van der Waals surface area contributed by atoms with Gasteiger partial charge in [0, 0.05) is 10.3 Å². The predicted molar refractivity (Wildman–Crippen MR) is 87.6 cm³/mol. The number of carbonyl (C=O) groups is 1. The number of ether oxygens (including phenoxy) is 1. The number of rotatable bonds is 4. The highest BCUT2D eigenvalue weighted by Gasteiger charge is 2.21. The van der Waals surface area contributed by atoms with E-state index in [4.69, 9.17) is 20.8 Å². The molecule has 1 heterocycles. The molecule has 0 aliphatic carbocycles. The van der Waals surface area contributed by atoms with Crippen LogP contribution in [0.15, 0.2) is 33.8 Å². The maximum atomic E-state index is 12.1. The lowest BCUT2D eigenvalue weighted by Gasteiger charge is -2.11. The molecule has 0 saturated heterocycles. The normalized spacial score (nSPS) is 11.5. The van der Waals surface area contributed by atoms with Crippen molar-refractivity contribution >= 4 is 29.3 Å². The van der Waals surface area contributed by atoms with E-state index in [-0.39, 0.29) is 12.0 Å². The summed E-state index contributed by atoms with van der Waals surface area (Å²) in [6, 6.07) is 5.27. The van der Waals surface area contributed by atoms with Crippen LogP contribution in [0.5, 0.6) is 0 Å². The Morgan fingerprint density at radius 2 is 2.14 bits per heavy atom. The Labute approximate surface area is 139 Å². The zero-order chi connectivity index (χ0) is 16.3. The van der Waals surface area contributed by atoms with Crippen molar-refractivity contribution in [2.24, 2.45) is 0 Å². The average molecular weight is 340 g/mol. The van der Waals surface area contributed by atoms with Crippen LogP contribution in [0.25, 0.3) is 0 Å². The molecule has 0 amide bonds. The lowest BCUT2D eigenvalue weighted by Crippen LogP contribution is -2.12. The quantitative estimate of drug-likeness (QED) is 0.596. The molecule has 0 radical (unpaired) electrons. The van der Waals surface area contributed by atoms with Crippen molar-refractivity contribution in [1.82, 2.24) is 4.98 Å². The summed E-state index contributed by atoms with van der Waals surface area (Å²) in [7, 11) is 0. The number of carbonyl (C=O) groups excluding carboxylic acids is 1. The van der Waals surface area contributed by atoms with Gasteiger partial charge in [0.1, 0.15) is 18.6 Å². The second kappa shape index (κ2) is 6.75. The highest BCUT2D eigenvalue weighted by Crippen LogP contribution is 2.24. The number of hydrogen-bond acceptors (Lipinski definition) is 5. The van der Waals surface area contributed by atoms with E-state index < -0.39 is 5.97 Å². The monoisotopic (exact) mass is 339 g/mol. The van der Waals surface area contributed by atoms with Crippen LogP contribution in [0, 0.1) is 0 Å². The first-order chi connectivity index (χ1) is 10.3. The molecule has 0 unspecified atom stereocenters. The fraction of sp³-hybridized carbons (Fsp3) is 0.375. The van der Waals surface area contributed by atoms with Gasteiger partial charge in [-0.05, 0) is 24.5 Å². The van der Waals surface area contributed by atoms with E-state index in [1.165, 1.54) is 18.0 Å². The molecule has 0 spiro atoms. The summed E-state index contributed by atoms with van der Waals surface area (Å²) in [5, 5.41) is 0.373. The van der Waals surface area contributed by atoms with Crippen LogP contribution in [0.2, 0.25) is 5.02 Å². The first-order valence-electron chi connectivity index (χ1n) is 6.77. The van der Waals surface area contributed by atoms with E-state index in [9.17, 15) is 4.79 Å². The molecule has 22 heavy (non-hydrogen) atoms. The summed E-state index contributed by atoms with van der Waals surface area (Å²) in [5.41, 5.74) is 0.751. The van der Waals surface area contributed by atoms with Crippen LogP contribution in [-0.2, 0) is 16.8 Å². The minimum atomic E-state index is -0.471. The second-order valence-corrected chi connectivity index (χ2v) is 7.10. The largest absolute Gasteiger partial charge is 0.455 e. The molecule has 0 N–H and O–H groups in total. The third kappa shape index (κ3) is 4.05. The molecule has 0 aliphatic rings. The molecule has 0 bridgehead atoms. The van der Waals surface area contributed by atoms with Crippen LogP contribution in [-0.4, -0.2) is 17.2 Å². The molecule has 1 aromatic carbocycles. The number of esters is 1. The fourth-order valence-electron chi connectivity index (χ4n) is 1.72. The molecule has 0 aliphatic heterocycles. The van der Waals surface area contributed by atoms with Crippen molar-refractivity contribution in [2.75, 3.05) is 6.26 Å². The topological polar surface area (TPSA) is 52.3 Å². The summed E-state index contributed by atoms with van der Waals surface area (Å²) < 4.78 is 10.7. The second-order valence-electron chi connectivity index (χ2n) is 5.82. The number of halogens is 1. The molecule has 0 saturated carbocycles. The van der Waals surface area contributed by atoms with Gasteiger partial charge in [0.2, 0.25) is 0 Å². The summed E-state index contributed by atoms with van der Waals surface area (Å²) in [5.74, 6) is 0.141. The van der Waals surface area contributed by atoms with Crippen molar-refractivity contribution in [1.29, 1.82) is 0 Å². The lowest BCUT2D eigenvalue weighted by molar-refractivity contribution is 0.0467. The molecule has 2 rings (SSSR count). The minimum absolute atomic E-state index is 0.0538. The van der Waals surface area contributed by atoms with Gasteiger partial charge in [-0.2, -0.15) is 0 Å². The number of nitrogens with zero attached hydrogens (tertiary/aromatic N) is 1. The molecule has 4 nitrogen and oxygen atoms in total. The molecular formula is C16H18ClNO3S. The van der Waals surface area contributed by atoms with Crippen molar-refractivity contribution in [3.8, 4) is 0 Å². The molecule has 0 atom stereocenters. The van der Waals surface area contributed by atoms with Gasteiger partial charge < -0.3 is 9.15 Å². The highest BCUT2D eigenvalue weighted by molar-refractivity contribution is 7.98. The van der Waals surface area contributed by atoms with E-state index in [1.54, 1.807) is 12.1 Å². The van der Waals surface area contributed by atoms with Crippen LogP contribution in [0.1, 0.15) is 42.7 Å². The first-order valence-corrected chi connectivity index (χ1v) is 8.37. The standard InChI is InChI=1S/C16H18ClNO3S/c1-16(2,3)15-18-10(9-21-15)8-20-14(19)12-7-11(22-4)5-6-13(12)17/h5-7,9H,8H2,1-4H3. The third-order valence-electron chi connectivity index (χ3n) is 2.94. The zero-order valence-electron chi connectivity index (χ0n) is 13.0. The SMILES string of the molecule is CSc1ccc(Cl)c(C(=O)OCc2coc(C(C)(C)C)n2)c1. The van der Waals surface area contributed by atoms with E-state index in [0.29, 0.717) is 22.2 Å². The Morgan fingerprint density at radius 1 is 1.41 bits per heavy atom. The van der Waals surface area contributed by atoms with Gasteiger partial charge in [-0.25, -0.2) is 9.78 Å². The van der Waals surface area contributed by atoms with Crippen molar-refractivity contribution in [3.63, 3.8) is 0 Å². The van der Waals surface area contributed by atoms with Gasteiger partial charge in [-0.15, -0.1) is 11.8 Å². The molecular weight excluding hydrogens is 322 g/mol. The zero-order valence-corrected chi connectivity index (χ0v) is 14.5.